The zero-order valence-electron chi connectivity index (χ0n) is 16.8. The van der Waals surface area contributed by atoms with Crippen molar-refractivity contribution < 1.29 is 4.79 Å². The second-order valence-electron chi connectivity index (χ2n) is 7.42. The number of aliphatic imine (C=N–C) groups is 1. The number of guanidine groups is 1. The molecule has 28 heavy (non-hydrogen) atoms. The molecule has 5 nitrogen and oxygen atoms in total. The number of rotatable bonds is 5. The Balaban J connectivity index is 0.00000280. The zero-order chi connectivity index (χ0) is 18.9. The predicted octanol–water partition coefficient (Wildman–Crippen LogP) is 3.81. The molecule has 154 valence electrons. The van der Waals surface area contributed by atoms with E-state index in [-0.39, 0.29) is 29.9 Å². The lowest BCUT2D eigenvalue weighted by atomic mass is 9.95. The second kappa shape index (κ2) is 12.1. The SMILES string of the molecule is CN=C(NCCC(=O)NC1CCCCC1)N1CC=C(c2ccccc2)CC1.I. The average Bonchev–Trinajstić information content (AvgIpc) is 2.73. The molecule has 1 aromatic rings. The molecule has 1 saturated carbocycles. The van der Waals surface area contributed by atoms with E-state index in [4.69, 9.17) is 0 Å². The van der Waals surface area contributed by atoms with Crippen molar-refractivity contribution >= 4 is 41.4 Å². The molecule has 1 aliphatic heterocycles. The third-order valence-corrected chi connectivity index (χ3v) is 5.47. The van der Waals surface area contributed by atoms with Gasteiger partial charge in [0.15, 0.2) is 5.96 Å². The number of carbonyl (C=O) groups excluding carboxylic acids is 1. The van der Waals surface area contributed by atoms with Crippen LogP contribution < -0.4 is 10.6 Å². The van der Waals surface area contributed by atoms with Crippen molar-refractivity contribution in [3.63, 3.8) is 0 Å². The first kappa shape index (κ1) is 22.7. The first-order chi connectivity index (χ1) is 13.3. The lowest BCUT2D eigenvalue weighted by molar-refractivity contribution is -0.121. The number of amides is 1. The third-order valence-electron chi connectivity index (χ3n) is 5.47. The highest BCUT2D eigenvalue weighted by molar-refractivity contribution is 14.0. The van der Waals surface area contributed by atoms with Gasteiger partial charge in [-0.1, -0.05) is 55.7 Å². The average molecular weight is 496 g/mol. The van der Waals surface area contributed by atoms with Crippen LogP contribution >= 0.6 is 24.0 Å². The van der Waals surface area contributed by atoms with E-state index in [9.17, 15) is 4.79 Å². The van der Waals surface area contributed by atoms with Crippen LogP contribution in [0.1, 0.15) is 50.5 Å². The first-order valence-electron chi connectivity index (χ1n) is 10.3. The maximum absolute atomic E-state index is 12.1. The standard InChI is InChI=1S/C22H32N4O.HI/c1-23-22(24-15-12-21(27)25-20-10-6-3-7-11-20)26-16-13-19(14-17-26)18-8-4-2-5-9-18;/h2,4-5,8-9,13,20H,3,6-7,10-12,14-17H2,1H3,(H,23,24)(H,25,27);1H. The highest BCUT2D eigenvalue weighted by Gasteiger charge is 2.17. The van der Waals surface area contributed by atoms with Crippen molar-refractivity contribution in [3.05, 3.63) is 42.0 Å². The monoisotopic (exact) mass is 496 g/mol. The summed E-state index contributed by atoms with van der Waals surface area (Å²) < 4.78 is 0. The second-order valence-corrected chi connectivity index (χ2v) is 7.42. The molecule has 2 aliphatic rings. The lowest BCUT2D eigenvalue weighted by Gasteiger charge is -2.30. The summed E-state index contributed by atoms with van der Waals surface area (Å²) in [6.07, 6.45) is 9.82. The van der Waals surface area contributed by atoms with Crippen molar-refractivity contribution in [2.75, 3.05) is 26.7 Å². The molecule has 1 aliphatic carbocycles. The van der Waals surface area contributed by atoms with Gasteiger partial charge in [-0.2, -0.15) is 0 Å². The van der Waals surface area contributed by atoms with Crippen LogP contribution in [0.4, 0.5) is 0 Å². The normalized spacial score (nSPS) is 18.1. The lowest BCUT2D eigenvalue weighted by Crippen LogP contribution is -2.45. The minimum absolute atomic E-state index is 0. The number of benzene rings is 1. The van der Waals surface area contributed by atoms with Crippen LogP contribution in [0.5, 0.6) is 0 Å². The van der Waals surface area contributed by atoms with Crippen LogP contribution in [-0.2, 0) is 4.79 Å². The van der Waals surface area contributed by atoms with Crippen LogP contribution in [0, 0.1) is 0 Å². The number of hydrogen-bond acceptors (Lipinski definition) is 2. The Bertz CT molecular complexity index is 668. The molecule has 1 amide bonds. The molecule has 2 N–H and O–H groups in total. The van der Waals surface area contributed by atoms with E-state index < -0.39 is 0 Å². The van der Waals surface area contributed by atoms with E-state index in [1.807, 2.05) is 0 Å². The van der Waals surface area contributed by atoms with Gasteiger partial charge >= 0.3 is 0 Å². The molecule has 0 radical (unpaired) electrons. The highest BCUT2D eigenvalue weighted by atomic mass is 127. The van der Waals surface area contributed by atoms with Gasteiger partial charge in [0.2, 0.25) is 5.91 Å². The fourth-order valence-corrected chi connectivity index (χ4v) is 3.94. The van der Waals surface area contributed by atoms with Gasteiger partial charge in [-0.25, -0.2) is 0 Å². The number of halogens is 1. The number of carbonyl (C=O) groups is 1. The summed E-state index contributed by atoms with van der Waals surface area (Å²) in [5, 5.41) is 6.52. The van der Waals surface area contributed by atoms with Crippen molar-refractivity contribution in [1.29, 1.82) is 0 Å². The number of nitrogens with one attached hydrogen (secondary N) is 2. The third kappa shape index (κ3) is 6.79. The summed E-state index contributed by atoms with van der Waals surface area (Å²) in [4.78, 5) is 18.8. The van der Waals surface area contributed by atoms with E-state index >= 15 is 0 Å². The fourth-order valence-electron chi connectivity index (χ4n) is 3.94. The molecular formula is C22H33IN4O. The molecule has 0 spiro atoms. The van der Waals surface area contributed by atoms with Crippen molar-refractivity contribution in [2.45, 2.75) is 51.0 Å². The van der Waals surface area contributed by atoms with Gasteiger partial charge in [-0.15, -0.1) is 24.0 Å². The van der Waals surface area contributed by atoms with E-state index in [0.29, 0.717) is 19.0 Å². The van der Waals surface area contributed by atoms with E-state index in [1.165, 1.54) is 30.4 Å². The summed E-state index contributed by atoms with van der Waals surface area (Å²) in [7, 11) is 1.81. The van der Waals surface area contributed by atoms with Crippen molar-refractivity contribution in [3.8, 4) is 0 Å². The summed E-state index contributed by atoms with van der Waals surface area (Å²) in [6.45, 7) is 2.41. The molecule has 1 heterocycles. The number of hydrogen-bond donors (Lipinski definition) is 2. The molecule has 0 unspecified atom stereocenters. The van der Waals surface area contributed by atoms with Gasteiger partial charge < -0.3 is 15.5 Å². The quantitative estimate of drug-likeness (QED) is 0.371. The van der Waals surface area contributed by atoms with Gasteiger partial charge in [0.05, 0.1) is 0 Å². The Morgan fingerprint density at radius 1 is 1.18 bits per heavy atom. The molecule has 1 aromatic carbocycles. The van der Waals surface area contributed by atoms with Crippen molar-refractivity contribution in [1.82, 2.24) is 15.5 Å². The maximum atomic E-state index is 12.1. The minimum atomic E-state index is 0. The molecule has 3 rings (SSSR count). The van der Waals surface area contributed by atoms with Crippen molar-refractivity contribution in [2.24, 2.45) is 4.99 Å². The Labute approximate surface area is 186 Å². The van der Waals surface area contributed by atoms with Crippen LogP contribution in [-0.4, -0.2) is 49.5 Å². The van der Waals surface area contributed by atoms with Crippen LogP contribution in [0.25, 0.3) is 5.57 Å². The van der Waals surface area contributed by atoms with Gasteiger partial charge in [0, 0.05) is 39.1 Å². The van der Waals surface area contributed by atoms with E-state index in [0.717, 1.165) is 38.3 Å². The van der Waals surface area contributed by atoms with Gasteiger partial charge in [0.1, 0.15) is 0 Å². The van der Waals surface area contributed by atoms with Gasteiger partial charge in [0.25, 0.3) is 0 Å². The summed E-state index contributed by atoms with van der Waals surface area (Å²) in [5.74, 6) is 1.03. The van der Waals surface area contributed by atoms with E-state index in [2.05, 4.69) is 56.9 Å². The fraction of sp³-hybridized carbons (Fsp3) is 0.545. The Hall–Kier alpha value is -1.57. The molecule has 6 heteroatoms. The largest absolute Gasteiger partial charge is 0.356 e. The first-order valence-corrected chi connectivity index (χ1v) is 10.3. The van der Waals surface area contributed by atoms with Crippen LogP contribution in [0.15, 0.2) is 41.4 Å². The minimum Gasteiger partial charge on any atom is -0.356 e. The van der Waals surface area contributed by atoms with E-state index in [1.54, 1.807) is 7.05 Å². The van der Waals surface area contributed by atoms with Gasteiger partial charge in [-0.3, -0.25) is 9.79 Å². The molecule has 0 bridgehead atoms. The molecule has 1 fully saturated rings. The Morgan fingerprint density at radius 3 is 2.57 bits per heavy atom. The smallest absolute Gasteiger partial charge is 0.221 e. The molecule has 0 aromatic heterocycles. The molecule has 0 saturated heterocycles. The molecule has 0 atom stereocenters. The topological polar surface area (TPSA) is 56.7 Å². The van der Waals surface area contributed by atoms with Gasteiger partial charge in [-0.05, 0) is 30.4 Å². The highest BCUT2D eigenvalue weighted by Crippen LogP contribution is 2.22. The Morgan fingerprint density at radius 2 is 1.93 bits per heavy atom. The zero-order valence-corrected chi connectivity index (χ0v) is 19.2. The maximum Gasteiger partial charge on any atom is 0.221 e. The number of nitrogens with zero attached hydrogens (tertiary/aromatic N) is 2. The summed E-state index contributed by atoms with van der Waals surface area (Å²) in [5.41, 5.74) is 2.70. The molecular weight excluding hydrogens is 463 g/mol. The van der Waals surface area contributed by atoms with Crippen LogP contribution in [0.2, 0.25) is 0 Å². The summed E-state index contributed by atoms with van der Waals surface area (Å²) in [6, 6.07) is 10.9. The summed E-state index contributed by atoms with van der Waals surface area (Å²) >= 11 is 0. The van der Waals surface area contributed by atoms with Crippen LogP contribution in [0.3, 0.4) is 0 Å². The Kier molecular flexibility index (Phi) is 9.81. The predicted molar refractivity (Wildman–Crippen MR) is 127 cm³/mol.